The second kappa shape index (κ2) is 7.26. The highest BCUT2D eigenvalue weighted by atomic mass is 16.5. The number of esters is 1. The van der Waals surface area contributed by atoms with Crippen molar-refractivity contribution in [1.82, 2.24) is 4.98 Å². The molecule has 1 fully saturated rings. The predicted molar refractivity (Wildman–Crippen MR) is 111 cm³/mol. The van der Waals surface area contributed by atoms with Crippen LogP contribution in [-0.2, 0) is 4.79 Å². The van der Waals surface area contributed by atoms with Crippen LogP contribution in [0.5, 0.6) is 5.75 Å². The van der Waals surface area contributed by atoms with Gasteiger partial charge in [0.25, 0.3) is 0 Å². The first kappa shape index (κ1) is 19.9. The van der Waals surface area contributed by atoms with Crippen LogP contribution in [0.2, 0.25) is 0 Å². The summed E-state index contributed by atoms with van der Waals surface area (Å²) in [5.74, 6) is 1.55. The van der Waals surface area contributed by atoms with Gasteiger partial charge in [0.05, 0.1) is 11.4 Å². The highest BCUT2D eigenvalue weighted by Gasteiger charge is 2.42. The highest BCUT2D eigenvalue weighted by Crippen LogP contribution is 2.48. The van der Waals surface area contributed by atoms with E-state index < -0.39 is 0 Å². The van der Waals surface area contributed by atoms with E-state index in [0.29, 0.717) is 17.6 Å². The molecule has 3 heteroatoms. The Morgan fingerprint density at radius 1 is 0.926 bits per heavy atom. The molecule has 1 saturated carbocycles. The van der Waals surface area contributed by atoms with Crippen LogP contribution in [0.15, 0.2) is 36.5 Å². The van der Waals surface area contributed by atoms with E-state index in [0.717, 1.165) is 23.7 Å². The van der Waals surface area contributed by atoms with Gasteiger partial charge in [0.1, 0.15) is 5.75 Å². The first-order chi connectivity index (χ1) is 12.6. The minimum absolute atomic E-state index is 0.0425. The molecule has 0 amide bonds. The molecule has 146 valence electrons. The number of benzene rings is 1. The lowest BCUT2D eigenvalue weighted by atomic mass is 9.60. The van der Waals surface area contributed by atoms with Gasteiger partial charge in [-0.25, -0.2) is 0 Å². The highest BCUT2D eigenvalue weighted by molar-refractivity contribution is 5.88. The summed E-state index contributed by atoms with van der Waals surface area (Å²) in [6, 6.07) is 9.55. The fraction of sp³-hybridized carbons (Fsp3) is 0.583. The second-order valence-electron chi connectivity index (χ2n) is 10.3. The quantitative estimate of drug-likeness (QED) is 0.464. The van der Waals surface area contributed by atoms with Crippen LogP contribution >= 0.6 is 0 Å². The fourth-order valence-corrected chi connectivity index (χ4v) is 4.28. The summed E-state index contributed by atoms with van der Waals surface area (Å²) in [7, 11) is 0. The van der Waals surface area contributed by atoms with Crippen molar-refractivity contribution >= 4 is 16.9 Å². The SMILES string of the molecule is CC(C)(C)[C@H]1CC(C(=O)Oc2cccc3ncccc23)C[C@H](C(C)(C)C)C1. The molecule has 0 saturated heterocycles. The number of fused-ring (bicyclic) bond motifs is 1. The van der Waals surface area contributed by atoms with E-state index in [-0.39, 0.29) is 22.7 Å². The molecule has 0 aliphatic heterocycles. The summed E-state index contributed by atoms with van der Waals surface area (Å²) in [6.07, 6.45) is 4.78. The Balaban J connectivity index is 1.83. The molecule has 2 atom stereocenters. The molecule has 0 spiro atoms. The molecule has 1 heterocycles. The van der Waals surface area contributed by atoms with Crippen molar-refractivity contribution in [2.75, 3.05) is 0 Å². The number of pyridine rings is 1. The normalized spacial score (nSPS) is 24.0. The maximum atomic E-state index is 13.1. The summed E-state index contributed by atoms with van der Waals surface area (Å²) in [6.45, 7) is 13.8. The molecular weight excluding hydrogens is 334 g/mol. The molecule has 0 radical (unpaired) electrons. The Labute approximate surface area is 163 Å². The van der Waals surface area contributed by atoms with E-state index in [1.54, 1.807) is 6.20 Å². The Morgan fingerprint density at radius 2 is 1.56 bits per heavy atom. The van der Waals surface area contributed by atoms with Crippen LogP contribution in [-0.4, -0.2) is 11.0 Å². The third kappa shape index (κ3) is 4.51. The van der Waals surface area contributed by atoms with E-state index in [2.05, 4.69) is 46.5 Å². The maximum Gasteiger partial charge on any atom is 0.314 e. The zero-order valence-corrected chi connectivity index (χ0v) is 17.6. The molecule has 3 rings (SSSR count). The maximum absolute atomic E-state index is 13.1. The molecular formula is C24H33NO2. The van der Waals surface area contributed by atoms with E-state index in [1.807, 2.05) is 30.3 Å². The van der Waals surface area contributed by atoms with Gasteiger partial charge in [-0.1, -0.05) is 47.6 Å². The topological polar surface area (TPSA) is 39.2 Å². The molecule has 1 aromatic carbocycles. The van der Waals surface area contributed by atoms with Gasteiger partial charge in [-0.05, 0) is 66.2 Å². The van der Waals surface area contributed by atoms with Crippen molar-refractivity contribution in [3.8, 4) is 5.75 Å². The Kier molecular flexibility index (Phi) is 5.33. The monoisotopic (exact) mass is 367 g/mol. The van der Waals surface area contributed by atoms with Crippen molar-refractivity contribution < 1.29 is 9.53 Å². The lowest BCUT2D eigenvalue weighted by molar-refractivity contribution is -0.142. The van der Waals surface area contributed by atoms with E-state index in [1.165, 1.54) is 6.42 Å². The van der Waals surface area contributed by atoms with Crippen LogP contribution in [0.25, 0.3) is 10.9 Å². The Bertz CT molecular complexity index is 786. The first-order valence-electron chi connectivity index (χ1n) is 10.1. The number of aromatic nitrogens is 1. The van der Waals surface area contributed by atoms with Crippen molar-refractivity contribution in [2.45, 2.75) is 60.8 Å². The van der Waals surface area contributed by atoms with Crippen molar-refractivity contribution in [1.29, 1.82) is 0 Å². The number of hydrogen-bond donors (Lipinski definition) is 0. The standard InChI is InChI=1S/C24H33NO2/c1-23(2,3)17-13-16(14-18(15-17)24(4,5)6)22(26)27-21-11-7-10-20-19(21)9-8-12-25-20/h7-12,16-18H,13-15H2,1-6H3/t17-,18-/m0/s1. The Hall–Kier alpha value is -1.90. The molecule has 0 bridgehead atoms. The number of ether oxygens (including phenoxy) is 1. The average molecular weight is 368 g/mol. The Morgan fingerprint density at radius 3 is 2.15 bits per heavy atom. The number of nitrogens with zero attached hydrogens (tertiary/aromatic N) is 1. The third-order valence-electron chi connectivity index (χ3n) is 6.31. The largest absolute Gasteiger partial charge is 0.426 e. The van der Waals surface area contributed by atoms with Gasteiger partial charge >= 0.3 is 5.97 Å². The summed E-state index contributed by atoms with van der Waals surface area (Å²) < 4.78 is 5.91. The van der Waals surface area contributed by atoms with Gasteiger partial charge in [0.15, 0.2) is 0 Å². The molecule has 1 aromatic heterocycles. The number of hydrogen-bond acceptors (Lipinski definition) is 3. The van der Waals surface area contributed by atoms with E-state index in [9.17, 15) is 4.79 Å². The third-order valence-corrected chi connectivity index (χ3v) is 6.31. The smallest absolute Gasteiger partial charge is 0.314 e. The molecule has 1 aliphatic carbocycles. The van der Waals surface area contributed by atoms with Gasteiger partial charge in [-0.2, -0.15) is 0 Å². The van der Waals surface area contributed by atoms with Crippen LogP contribution in [0.4, 0.5) is 0 Å². The minimum Gasteiger partial charge on any atom is -0.426 e. The van der Waals surface area contributed by atoms with Gasteiger partial charge in [-0.15, -0.1) is 0 Å². The van der Waals surface area contributed by atoms with Gasteiger partial charge in [0, 0.05) is 11.6 Å². The van der Waals surface area contributed by atoms with Crippen LogP contribution in [0.1, 0.15) is 60.8 Å². The lowest BCUT2D eigenvalue weighted by Crippen LogP contribution is -2.39. The molecule has 1 aliphatic rings. The van der Waals surface area contributed by atoms with E-state index in [4.69, 9.17) is 4.74 Å². The number of rotatable bonds is 2. The molecule has 27 heavy (non-hydrogen) atoms. The summed E-state index contributed by atoms with van der Waals surface area (Å²) in [5, 5.41) is 0.893. The number of carbonyl (C=O) groups is 1. The number of carbonyl (C=O) groups excluding carboxylic acids is 1. The summed E-state index contributed by atoms with van der Waals surface area (Å²) in [4.78, 5) is 17.5. The molecule has 0 unspecified atom stereocenters. The fourth-order valence-electron chi connectivity index (χ4n) is 4.28. The van der Waals surface area contributed by atoms with Gasteiger partial charge < -0.3 is 4.74 Å². The van der Waals surface area contributed by atoms with Crippen LogP contribution in [0.3, 0.4) is 0 Å². The summed E-state index contributed by atoms with van der Waals surface area (Å²) in [5.41, 5.74) is 1.25. The van der Waals surface area contributed by atoms with E-state index >= 15 is 0 Å². The van der Waals surface area contributed by atoms with Crippen LogP contribution in [0, 0.1) is 28.6 Å². The first-order valence-corrected chi connectivity index (χ1v) is 10.1. The minimum atomic E-state index is -0.0884. The average Bonchev–Trinajstić information content (AvgIpc) is 2.60. The lowest BCUT2D eigenvalue weighted by Gasteiger charge is -2.45. The summed E-state index contributed by atoms with van der Waals surface area (Å²) >= 11 is 0. The molecule has 0 N–H and O–H groups in total. The molecule has 3 nitrogen and oxygen atoms in total. The van der Waals surface area contributed by atoms with Gasteiger partial charge in [0.2, 0.25) is 0 Å². The zero-order chi connectivity index (χ0) is 19.8. The van der Waals surface area contributed by atoms with Crippen molar-refractivity contribution in [3.05, 3.63) is 36.5 Å². The zero-order valence-electron chi connectivity index (χ0n) is 17.6. The van der Waals surface area contributed by atoms with Crippen LogP contribution < -0.4 is 4.74 Å². The predicted octanol–water partition coefficient (Wildman–Crippen LogP) is 6.26. The molecule has 2 aromatic rings. The van der Waals surface area contributed by atoms with Crippen molar-refractivity contribution in [2.24, 2.45) is 28.6 Å². The second-order valence-corrected chi connectivity index (χ2v) is 10.3. The van der Waals surface area contributed by atoms with Crippen molar-refractivity contribution in [3.63, 3.8) is 0 Å². The van der Waals surface area contributed by atoms with Gasteiger partial charge in [-0.3, -0.25) is 9.78 Å².